The fraction of sp³-hybridized carbons (Fsp3) is 0.476. The molecule has 152 valence electrons. The minimum absolute atomic E-state index is 0.0994. The van der Waals surface area contributed by atoms with Gasteiger partial charge in [-0.3, -0.25) is 4.98 Å². The van der Waals surface area contributed by atoms with Crippen molar-refractivity contribution in [1.82, 2.24) is 13.6 Å². The van der Waals surface area contributed by atoms with Crippen LogP contribution in [0.4, 0.5) is 4.39 Å². The molecule has 1 aliphatic heterocycles. The van der Waals surface area contributed by atoms with Gasteiger partial charge >= 0.3 is 0 Å². The van der Waals surface area contributed by atoms with Crippen molar-refractivity contribution in [2.24, 2.45) is 0 Å². The van der Waals surface area contributed by atoms with E-state index in [9.17, 15) is 12.8 Å². The summed E-state index contributed by atoms with van der Waals surface area (Å²) >= 11 is 0. The zero-order valence-electron chi connectivity index (χ0n) is 16.5. The molecule has 0 amide bonds. The fourth-order valence-electron chi connectivity index (χ4n) is 3.77. The van der Waals surface area contributed by atoms with Crippen LogP contribution in [0.15, 0.2) is 42.6 Å². The number of piperidine rings is 1. The normalized spacial score (nSPS) is 18.5. The predicted molar refractivity (Wildman–Crippen MR) is 109 cm³/mol. The maximum Gasteiger partial charge on any atom is 0.281 e. The van der Waals surface area contributed by atoms with Crippen molar-refractivity contribution in [2.45, 2.75) is 39.0 Å². The molecule has 0 bridgehead atoms. The van der Waals surface area contributed by atoms with Crippen LogP contribution < -0.4 is 0 Å². The Hall–Kier alpha value is -1.83. The quantitative estimate of drug-likeness (QED) is 0.708. The molecule has 1 atom stereocenters. The van der Waals surface area contributed by atoms with Gasteiger partial charge in [0.25, 0.3) is 10.2 Å². The van der Waals surface area contributed by atoms with Crippen molar-refractivity contribution in [3.63, 3.8) is 0 Å². The smallest absolute Gasteiger partial charge is 0.261 e. The van der Waals surface area contributed by atoms with Gasteiger partial charge in [0.2, 0.25) is 0 Å². The maximum atomic E-state index is 13.3. The lowest BCUT2D eigenvalue weighted by Gasteiger charge is -2.34. The van der Waals surface area contributed by atoms with Gasteiger partial charge in [0, 0.05) is 44.0 Å². The van der Waals surface area contributed by atoms with Gasteiger partial charge in [-0.2, -0.15) is 17.0 Å². The van der Waals surface area contributed by atoms with Gasteiger partial charge in [-0.05, 0) is 48.6 Å². The van der Waals surface area contributed by atoms with E-state index in [1.165, 1.54) is 16.4 Å². The first-order chi connectivity index (χ1) is 13.4. The average Bonchev–Trinajstić information content (AvgIpc) is 2.69. The summed E-state index contributed by atoms with van der Waals surface area (Å²) in [5, 5.41) is 0. The summed E-state index contributed by atoms with van der Waals surface area (Å²) in [6.45, 7) is 5.71. The molecule has 1 fully saturated rings. The molecular formula is C21H28FN3O2S. The maximum absolute atomic E-state index is 13.3. The van der Waals surface area contributed by atoms with E-state index in [2.05, 4.69) is 4.98 Å². The van der Waals surface area contributed by atoms with Gasteiger partial charge in [-0.15, -0.1) is 0 Å². The Balaban J connectivity index is 1.69. The third-order valence-corrected chi connectivity index (χ3v) is 7.46. The van der Waals surface area contributed by atoms with Crippen molar-refractivity contribution < 1.29 is 12.8 Å². The van der Waals surface area contributed by atoms with Gasteiger partial charge in [-0.25, -0.2) is 4.39 Å². The molecule has 0 spiro atoms. The van der Waals surface area contributed by atoms with E-state index in [0.29, 0.717) is 32.6 Å². The van der Waals surface area contributed by atoms with Crippen LogP contribution >= 0.6 is 0 Å². The molecule has 0 unspecified atom stereocenters. The van der Waals surface area contributed by atoms with Crippen molar-refractivity contribution in [1.29, 1.82) is 0 Å². The van der Waals surface area contributed by atoms with Crippen molar-refractivity contribution in [2.75, 3.05) is 26.2 Å². The van der Waals surface area contributed by atoms with E-state index < -0.39 is 10.2 Å². The minimum atomic E-state index is -3.41. The third kappa shape index (κ3) is 4.77. The number of pyridine rings is 1. The second-order valence-corrected chi connectivity index (χ2v) is 9.12. The molecule has 0 N–H and O–H groups in total. The number of aromatic nitrogens is 1. The van der Waals surface area contributed by atoms with Gasteiger partial charge in [0.15, 0.2) is 0 Å². The first-order valence-electron chi connectivity index (χ1n) is 9.88. The van der Waals surface area contributed by atoms with E-state index >= 15 is 0 Å². The Morgan fingerprint density at radius 1 is 1.18 bits per heavy atom. The molecule has 3 rings (SSSR count). The molecular weight excluding hydrogens is 377 g/mol. The van der Waals surface area contributed by atoms with Gasteiger partial charge in [-0.1, -0.05) is 32.0 Å². The Morgan fingerprint density at radius 2 is 1.96 bits per heavy atom. The summed E-state index contributed by atoms with van der Waals surface area (Å²) in [4.78, 5) is 4.59. The molecule has 1 aromatic heterocycles. The molecule has 1 aliphatic rings. The van der Waals surface area contributed by atoms with Crippen molar-refractivity contribution in [3.8, 4) is 0 Å². The Bertz CT molecular complexity index is 883. The highest BCUT2D eigenvalue weighted by Crippen LogP contribution is 2.28. The van der Waals surface area contributed by atoms with E-state index in [0.717, 1.165) is 29.7 Å². The van der Waals surface area contributed by atoms with Crippen LogP contribution in [0.3, 0.4) is 0 Å². The van der Waals surface area contributed by atoms with Crippen molar-refractivity contribution in [3.05, 3.63) is 65.2 Å². The van der Waals surface area contributed by atoms with Crippen LogP contribution in [-0.2, 0) is 16.6 Å². The first kappa shape index (κ1) is 20.9. The first-order valence-corrected chi connectivity index (χ1v) is 11.3. The topological polar surface area (TPSA) is 53.5 Å². The zero-order chi connectivity index (χ0) is 20.1. The molecule has 28 heavy (non-hydrogen) atoms. The Kier molecular flexibility index (Phi) is 6.80. The fourth-order valence-corrected chi connectivity index (χ4v) is 5.48. The highest BCUT2D eigenvalue weighted by Gasteiger charge is 2.33. The largest absolute Gasteiger partial charge is 0.281 e. The van der Waals surface area contributed by atoms with Crippen LogP contribution in [0, 0.1) is 5.82 Å². The van der Waals surface area contributed by atoms with Gasteiger partial charge in [0.05, 0.1) is 0 Å². The van der Waals surface area contributed by atoms with Gasteiger partial charge in [0.1, 0.15) is 5.82 Å². The lowest BCUT2D eigenvalue weighted by atomic mass is 9.95. The molecule has 0 aliphatic carbocycles. The molecule has 7 heteroatoms. The average molecular weight is 406 g/mol. The van der Waals surface area contributed by atoms with Crippen LogP contribution in [0.5, 0.6) is 0 Å². The lowest BCUT2D eigenvalue weighted by molar-refractivity contribution is 0.285. The van der Waals surface area contributed by atoms with Crippen LogP contribution in [0.1, 0.15) is 49.4 Å². The standard InChI is InChI=1S/C21H28FN3O2S/c1-3-24(4-2)28(26,27)25-12-6-8-19(16-25)21-11-10-18(15-23-21)13-17-7-5-9-20(22)14-17/h5,7,9-11,14-15,19H,3-4,6,8,12-13,16H2,1-2H3/t19-/m1/s1. The number of halogens is 1. The second-order valence-electron chi connectivity index (χ2n) is 7.19. The molecule has 0 saturated carbocycles. The highest BCUT2D eigenvalue weighted by atomic mass is 32.2. The summed E-state index contributed by atoms with van der Waals surface area (Å²) in [6, 6.07) is 10.6. The summed E-state index contributed by atoms with van der Waals surface area (Å²) in [6.07, 6.45) is 4.20. The second kappa shape index (κ2) is 9.11. The number of hydrogen-bond donors (Lipinski definition) is 0. The van der Waals surface area contributed by atoms with E-state index in [1.54, 1.807) is 10.4 Å². The number of rotatable bonds is 7. The summed E-state index contributed by atoms with van der Waals surface area (Å²) in [5.41, 5.74) is 2.84. The number of nitrogens with zero attached hydrogens (tertiary/aromatic N) is 3. The van der Waals surface area contributed by atoms with Crippen LogP contribution in [0.2, 0.25) is 0 Å². The molecule has 2 aromatic rings. The highest BCUT2D eigenvalue weighted by molar-refractivity contribution is 7.86. The van der Waals surface area contributed by atoms with Crippen LogP contribution in [-0.4, -0.2) is 48.2 Å². The summed E-state index contributed by atoms with van der Waals surface area (Å²) in [5.74, 6) is -0.138. The summed E-state index contributed by atoms with van der Waals surface area (Å²) < 4.78 is 42.1. The third-order valence-electron chi connectivity index (χ3n) is 5.31. The Morgan fingerprint density at radius 3 is 2.61 bits per heavy atom. The molecule has 2 heterocycles. The van der Waals surface area contributed by atoms with E-state index in [1.807, 2.05) is 38.2 Å². The predicted octanol–water partition coefficient (Wildman–Crippen LogP) is 3.58. The van der Waals surface area contributed by atoms with Crippen molar-refractivity contribution >= 4 is 10.2 Å². The number of hydrogen-bond acceptors (Lipinski definition) is 3. The molecule has 1 aromatic carbocycles. The van der Waals surface area contributed by atoms with E-state index in [4.69, 9.17) is 0 Å². The minimum Gasteiger partial charge on any atom is -0.261 e. The molecule has 0 radical (unpaired) electrons. The summed E-state index contributed by atoms with van der Waals surface area (Å²) in [7, 11) is -3.41. The molecule has 1 saturated heterocycles. The zero-order valence-corrected chi connectivity index (χ0v) is 17.3. The lowest BCUT2D eigenvalue weighted by Crippen LogP contribution is -2.47. The molecule has 5 nitrogen and oxygen atoms in total. The van der Waals surface area contributed by atoms with Crippen LogP contribution in [0.25, 0.3) is 0 Å². The SMILES string of the molecule is CCN(CC)S(=O)(=O)N1CCC[C@@H](c2ccc(Cc3cccc(F)c3)cn2)C1. The van der Waals surface area contributed by atoms with Gasteiger partial charge < -0.3 is 0 Å². The Labute approximate surface area is 167 Å². The van der Waals surface area contributed by atoms with E-state index in [-0.39, 0.29) is 11.7 Å². The number of benzene rings is 1. The monoisotopic (exact) mass is 405 g/mol.